The fourth-order valence-corrected chi connectivity index (χ4v) is 5.36. The number of carbonyl (C=O) groups excluding carboxylic acids is 1. The lowest BCUT2D eigenvalue weighted by Crippen LogP contribution is -2.38. The van der Waals surface area contributed by atoms with Crippen molar-refractivity contribution in [2.45, 2.75) is 76.1 Å². The molecule has 1 amide bonds. The minimum absolute atomic E-state index is 0.0747. The van der Waals surface area contributed by atoms with E-state index in [0.717, 1.165) is 6.07 Å². The average molecular weight is 518 g/mol. The summed E-state index contributed by atoms with van der Waals surface area (Å²) in [4.78, 5) is 14.4. The van der Waals surface area contributed by atoms with Crippen LogP contribution in [0.15, 0.2) is 18.2 Å². The minimum Gasteiger partial charge on any atom is -0.364 e. The number of fused-ring (bicyclic) bond motifs is 1. The Bertz CT molecular complexity index is 1170. The Balaban J connectivity index is 1.38. The number of aryl methyl sites for hydroxylation is 1. The van der Waals surface area contributed by atoms with E-state index in [1.54, 1.807) is 19.1 Å². The lowest BCUT2D eigenvalue weighted by atomic mass is 9.75. The molecule has 1 aliphatic heterocycles. The minimum atomic E-state index is -4.55. The van der Waals surface area contributed by atoms with E-state index in [-0.39, 0.29) is 45.2 Å². The van der Waals surface area contributed by atoms with Gasteiger partial charge in [-0.2, -0.15) is 18.3 Å². The SMILES string of the molecule is Cc1cc(N2CCn3nc(C(F)(F)F)cc3C2)cc(C2CC(F)(F)C2)c1NC(=O)CC1CC(F)(F)C1. The molecule has 1 aromatic heterocycles. The van der Waals surface area contributed by atoms with Gasteiger partial charge in [0.1, 0.15) is 0 Å². The molecule has 0 spiro atoms. The largest absolute Gasteiger partial charge is 0.435 e. The summed E-state index contributed by atoms with van der Waals surface area (Å²) in [7, 11) is 0. The molecule has 3 aliphatic rings. The average Bonchev–Trinajstić information content (AvgIpc) is 3.16. The maximum absolute atomic E-state index is 13.7. The zero-order valence-electron chi connectivity index (χ0n) is 19.4. The second-order valence-corrected chi connectivity index (χ2v) is 10.2. The van der Waals surface area contributed by atoms with Crippen LogP contribution in [0.25, 0.3) is 0 Å². The van der Waals surface area contributed by atoms with E-state index in [4.69, 9.17) is 0 Å². The first-order chi connectivity index (χ1) is 16.7. The second-order valence-electron chi connectivity index (χ2n) is 10.2. The summed E-state index contributed by atoms with van der Waals surface area (Å²) in [5.74, 6) is -6.92. The molecule has 1 N–H and O–H groups in total. The number of aromatic nitrogens is 2. The molecule has 0 bridgehead atoms. The number of halogens is 7. The molecular formula is C24H25F7N4O. The molecule has 5 rings (SSSR count). The molecule has 2 saturated carbocycles. The molecule has 36 heavy (non-hydrogen) atoms. The van der Waals surface area contributed by atoms with E-state index in [1.807, 2.05) is 4.90 Å². The third-order valence-electron chi connectivity index (χ3n) is 7.25. The molecule has 196 valence electrons. The van der Waals surface area contributed by atoms with Gasteiger partial charge in [0.05, 0.1) is 18.8 Å². The third kappa shape index (κ3) is 4.90. The highest BCUT2D eigenvalue weighted by Crippen LogP contribution is 2.51. The van der Waals surface area contributed by atoms with Crippen molar-refractivity contribution in [3.05, 3.63) is 40.7 Å². The summed E-state index contributed by atoms with van der Waals surface area (Å²) < 4.78 is 94.2. The van der Waals surface area contributed by atoms with Crippen molar-refractivity contribution >= 4 is 17.3 Å². The maximum Gasteiger partial charge on any atom is 0.435 e. The molecule has 1 aromatic carbocycles. The number of nitrogens with zero attached hydrogens (tertiary/aromatic N) is 3. The van der Waals surface area contributed by atoms with Crippen LogP contribution in [0.3, 0.4) is 0 Å². The van der Waals surface area contributed by atoms with Gasteiger partial charge in [0.2, 0.25) is 17.8 Å². The number of anilines is 2. The fourth-order valence-electron chi connectivity index (χ4n) is 5.36. The van der Waals surface area contributed by atoms with Gasteiger partial charge in [0.15, 0.2) is 5.69 Å². The number of amides is 1. The fraction of sp³-hybridized carbons (Fsp3) is 0.583. The number of alkyl halides is 7. The van der Waals surface area contributed by atoms with E-state index in [2.05, 4.69) is 10.4 Å². The van der Waals surface area contributed by atoms with Crippen molar-refractivity contribution in [2.24, 2.45) is 5.92 Å². The summed E-state index contributed by atoms with van der Waals surface area (Å²) in [6, 6.07) is 4.46. The van der Waals surface area contributed by atoms with Gasteiger partial charge in [-0.3, -0.25) is 9.48 Å². The molecule has 12 heteroatoms. The number of nitrogens with one attached hydrogen (secondary N) is 1. The van der Waals surface area contributed by atoms with Crippen LogP contribution in [0.2, 0.25) is 0 Å². The van der Waals surface area contributed by atoms with Crippen LogP contribution in [0.4, 0.5) is 42.1 Å². The zero-order chi connectivity index (χ0) is 26.0. The van der Waals surface area contributed by atoms with Crippen molar-refractivity contribution in [3.63, 3.8) is 0 Å². The van der Waals surface area contributed by atoms with Crippen LogP contribution in [-0.2, 0) is 24.1 Å². The summed E-state index contributed by atoms with van der Waals surface area (Å²) in [6.07, 6.45) is -6.08. The monoisotopic (exact) mass is 518 g/mol. The summed E-state index contributed by atoms with van der Waals surface area (Å²) in [5, 5.41) is 6.39. The number of hydrogen-bond donors (Lipinski definition) is 1. The van der Waals surface area contributed by atoms with Crippen molar-refractivity contribution in [3.8, 4) is 0 Å². The predicted molar refractivity (Wildman–Crippen MR) is 117 cm³/mol. The number of carbonyl (C=O) groups is 1. The normalized spacial score (nSPS) is 21.5. The maximum atomic E-state index is 13.7. The van der Waals surface area contributed by atoms with Gasteiger partial charge in [0, 0.05) is 50.0 Å². The van der Waals surface area contributed by atoms with Crippen LogP contribution < -0.4 is 10.2 Å². The number of hydrogen-bond acceptors (Lipinski definition) is 3. The first-order valence-electron chi connectivity index (χ1n) is 11.8. The van der Waals surface area contributed by atoms with E-state index in [1.165, 1.54) is 4.68 Å². The molecular weight excluding hydrogens is 493 g/mol. The standard InChI is InChI=1S/C24H25F7N4O/c1-13-4-16(34-2-3-35-17(12-34)7-19(33-35)24(29,30)31)6-18(15-10-23(27,28)11-15)21(13)32-20(36)5-14-8-22(25,26)9-14/h4,6-7,14-15H,2-3,5,8-12H2,1H3,(H,32,36). The highest BCUT2D eigenvalue weighted by atomic mass is 19.4. The lowest BCUT2D eigenvalue weighted by molar-refractivity contribution is -0.141. The highest BCUT2D eigenvalue weighted by Gasteiger charge is 2.48. The Morgan fingerprint density at radius 1 is 1.06 bits per heavy atom. The van der Waals surface area contributed by atoms with Gasteiger partial charge >= 0.3 is 6.18 Å². The summed E-state index contributed by atoms with van der Waals surface area (Å²) in [6.45, 7) is 2.47. The van der Waals surface area contributed by atoms with Crippen LogP contribution in [0.1, 0.15) is 60.5 Å². The van der Waals surface area contributed by atoms with Crippen molar-refractivity contribution < 1.29 is 35.5 Å². The van der Waals surface area contributed by atoms with Crippen LogP contribution in [0.5, 0.6) is 0 Å². The molecule has 2 heterocycles. The summed E-state index contributed by atoms with van der Waals surface area (Å²) >= 11 is 0. The number of benzene rings is 1. The van der Waals surface area contributed by atoms with Gasteiger partial charge < -0.3 is 10.2 Å². The van der Waals surface area contributed by atoms with Gasteiger partial charge in [-0.15, -0.1) is 0 Å². The first kappa shape index (κ1) is 24.9. The molecule has 0 atom stereocenters. The number of rotatable bonds is 5. The zero-order valence-corrected chi connectivity index (χ0v) is 19.4. The van der Waals surface area contributed by atoms with Gasteiger partial charge in [0.25, 0.3) is 0 Å². The third-order valence-corrected chi connectivity index (χ3v) is 7.25. The Morgan fingerprint density at radius 2 is 1.72 bits per heavy atom. The first-order valence-corrected chi connectivity index (χ1v) is 11.8. The Hall–Kier alpha value is -2.79. The summed E-state index contributed by atoms with van der Waals surface area (Å²) in [5.41, 5.74) is 1.61. The second kappa shape index (κ2) is 8.37. The molecule has 2 fully saturated rings. The Kier molecular flexibility index (Phi) is 5.79. The predicted octanol–water partition coefficient (Wildman–Crippen LogP) is 6.12. The van der Waals surface area contributed by atoms with E-state index in [9.17, 15) is 35.5 Å². The highest BCUT2D eigenvalue weighted by molar-refractivity contribution is 5.93. The molecule has 0 unspecified atom stereocenters. The van der Waals surface area contributed by atoms with Gasteiger partial charge in [-0.05, 0) is 48.1 Å². The molecule has 5 nitrogen and oxygen atoms in total. The van der Waals surface area contributed by atoms with E-state index < -0.39 is 41.5 Å². The van der Waals surface area contributed by atoms with Crippen LogP contribution in [0, 0.1) is 12.8 Å². The van der Waals surface area contributed by atoms with E-state index >= 15 is 0 Å². The van der Waals surface area contributed by atoms with Gasteiger partial charge in [-0.1, -0.05) is 0 Å². The molecule has 2 aliphatic carbocycles. The van der Waals surface area contributed by atoms with Gasteiger partial charge in [-0.25, -0.2) is 17.6 Å². The Morgan fingerprint density at radius 3 is 2.33 bits per heavy atom. The van der Waals surface area contributed by atoms with Crippen molar-refractivity contribution in [1.29, 1.82) is 0 Å². The van der Waals surface area contributed by atoms with Crippen molar-refractivity contribution in [2.75, 3.05) is 16.8 Å². The quantitative estimate of drug-likeness (QED) is 0.486. The topological polar surface area (TPSA) is 50.2 Å². The van der Waals surface area contributed by atoms with Crippen LogP contribution >= 0.6 is 0 Å². The molecule has 0 radical (unpaired) electrons. The molecule has 0 saturated heterocycles. The smallest absolute Gasteiger partial charge is 0.364 e. The molecule has 2 aromatic rings. The van der Waals surface area contributed by atoms with Crippen molar-refractivity contribution in [1.82, 2.24) is 9.78 Å². The Labute approximate surface area is 202 Å². The van der Waals surface area contributed by atoms with Crippen LogP contribution in [-0.4, -0.2) is 34.1 Å². The lowest BCUT2D eigenvalue weighted by Gasteiger charge is -2.38. The van der Waals surface area contributed by atoms with E-state index in [0.29, 0.717) is 34.7 Å².